The zero-order chi connectivity index (χ0) is 19.3. The van der Waals surface area contributed by atoms with Crippen molar-refractivity contribution in [3.05, 3.63) is 51.8 Å². The topological polar surface area (TPSA) is 64.6 Å². The molecule has 0 fully saturated rings. The Morgan fingerprint density at radius 3 is 2.58 bits per heavy atom. The molecule has 9 heteroatoms. The summed E-state index contributed by atoms with van der Waals surface area (Å²) < 4.78 is 50.7. The Labute approximate surface area is 155 Å². The molecule has 1 amide bonds. The number of nitrogens with one attached hydrogen (secondary N) is 1. The van der Waals surface area contributed by atoms with Crippen LogP contribution in [0.1, 0.15) is 17.3 Å². The first-order valence-electron chi connectivity index (χ1n) is 7.35. The van der Waals surface area contributed by atoms with E-state index in [1.54, 1.807) is 6.92 Å². The number of anilines is 1. The highest BCUT2D eigenvalue weighted by molar-refractivity contribution is 9.10. The van der Waals surface area contributed by atoms with Gasteiger partial charge in [-0.2, -0.15) is 0 Å². The van der Waals surface area contributed by atoms with Gasteiger partial charge in [0.05, 0.1) is 16.8 Å². The first-order chi connectivity index (χ1) is 12.4. The van der Waals surface area contributed by atoms with Gasteiger partial charge in [-0.1, -0.05) is 0 Å². The normalized spacial score (nSPS) is 10.3. The number of benzene rings is 2. The van der Waals surface area contributed by atoms with E-state index in [0.717, 1.165) is 6.07 Å². The number of aldehydes is 1. The second kappa shape index (κ2) is 8.70. The minimum absolute atomic E-state index is 0.165. The molecule has 2 aromatic carbocycles. The molecule has 0 radical (unpaired) electrons. The maximum Gasteiger partial charge on any atom is 0.262 e. The maximum atomic E-state index is 13.6. The van der Waals surface area contributed by atoms with E-state index in [2.05, 4.69) is 21.2 Å². The van der Waals surface area contributed by atoms with Gasteiger partial charge in [0.2, 0.25) is 0 Å². The highest BCUT2D eigenvalue weighted by Crippen LogP contribution is 2.36. The fourth-order valence-corrected chi connectivity index (χ4v) is 2.58. The van der Waals surface area contributed by atoms with Crippen LogP contribution in [0.4, 0.5) is 18.9 Å². The summed E-state index contributed by atoms with van der Waals surface area (Å²) in [6, 6.07) is 4.49. The molecule has 0 atom stereocenters. The summed E-state index contributed by atoms with van der Waals surface area (Å²) in [5, 5.41) is 2.08. The van der Waals surface area contributed by atoms with Crippen molar-refractivity contribution >= 4 is 33.8 Å². The van der Waals surface area contributed by atoms with Crippen LogP contribution in [-0.4, -0.2) is 25.4 Å². The Kier molecular flexibility index (Phi) is 6.62. The van der Waals surface area contributed by atoms with Crippen molar-refractivity contribution in [1.82, 2.24) is 0 Å². The van der Waals surface area contributed by atoms with Crippen LogP contribution in [0.15, 0.2) is 28.7 Å². The van der Waals surface area contributed by atoms with Crippen LogP contribution in [0, 0.1) is 17.5 Å². The summed E-state index contributed by atoms with van der Waals surface area (Å²) in [6.45, 7) is 1.46. The third-order valence-corrected chi connectivity index (χ3v) is 3.71. The highest BCUT2D eigenvalue weighted by Gasteiger charge is 2.17. The van der Waals surface area contributed by atoms with E-state index in [1.807, 2.05) is 0 Å². The predicted molar refractivity (Wildman–Crippen MR) is 91.1 cm³/mol. The molecule has 138 valence electrons. The van der Waals surface area contributed by atoms with Gasteiger partial charge in [0.15, 0.2) is 35.6 Å². The van der Waals surface area contributed by atoms with Crippen LogP contribution in [0.3, 0.4) is 0 Å². The molecule has 0 unspecified atom stereocenters. The third kappa shape index (κ3) is 4.54. The van der Waals surface area contributed by atoms with Crippen molar-refractivity contribution < 1.29 is 32.2 Å². The van der Waals surface area contributed by atoms with E-state index >= 15 is 0 Å². The number of ether oxygens (including phenoxy) is 2. The number of hydrogen-bond donors (Lipinski definition) is 1. The van der Waals surface area contributed by atoms with Crippen LogP contribution in [-0.2, 0) is 4.79 Å². The van der Waals surface area contributed by atoms with Crippen molar-refractivity contribution in [1.29, 1.82) is 0 Å². The van der Waals surface area contributed by atoms with Gasteiger partial charge in [-0.25, -0.2) is 13.2 Å². The lowest BCUT2D eigenvalue weighted by molar-refractivity contribution is -0.118. The Balaban J connectivity index is 2.12. The molecule has 0 aliphatic heterocycles. The summed E-state index contributed by atoms with van der Waals surface area (Å²) in [7, 11) is 0. The largest absolute Gasteiger partial charge is 0.490 e. The van der Waals surface area contributed by atoms with Crippen LogP contribution < -0.4 is 14.8 Å². The van der Waals surface area contributed by atoms with Gasteiger partial charge in [-0.3, -0.25) is 9.59 Å². The number of amides is 1. The second-order valence-corrected chi connectivity index (χ2v) is 5.79. The van der Waals surface area contributed by atoms with Gasteiger partial charge >= 0.3 is 0 Å². The zero-order valence-corrected chi connectivity index (χ0v) is 15.0. The monoisotopic (exact) mass is 431 g/mol. The van der Waals surface area contributed by atoms with E-state index in [0.29, 0.717) is 22.4 Å². The number of carbonyl (C=O) groups excluding carboxylic acids is 2. The smallest absolute Gasteiger partial charge is 0.262 e. The van der Waals surface area contributed by atoms with E-state index in [9.17, 15) is 22.8 Å². The van der Waals surface area contributed by atoms with Crippen LogP contribution in [0.5, 0.6) is 11.5 Å². The second-order valence-electron chi connectivity index (χ2n) is 4.94. The van der Waals surface area contributed by atoms with Crippen molar-refractivity contribution in [3.63, 3.8) is 0 Å². The standard InChI is InChI=1S/C17H13BrF3NO4/c1-2-25-13-6-9(7-23)5-10(18)17(13)26-8-14(24)22-12-4-3-11(19)15(20)16(12)21/h3-7H,2,8H2,1H3,(H,22,24). The van der Waals surface area contributed by atoms with Crippen molar-refractivity contribution in [2.45, 2.75) is 6.92 Å². The van der Waals surface area contributed by atoms with Crippen molar-refractivity contribution in [2.24, 2.45) is 0 Å². The van der Waals surface area contributed by atoms with E-state index in [-0.39, 0.29) is 18.1 Å². The molecule has 2 aromatic rings. The SMILES string of the molecule is CCOc1cc(C=O)cc(Br)c1OCC(=O)Nc1ccc(F)c(F)c1F. The summed E-state index contributed by atoms with van der Waals surface area (Å²) in [4.78, 5) is 22.8. The van der Waals surface area contributed by atoms with Gasteiger partial charge < -0.3 is 14.8 Å². The number of halogens is 4. The highest BCUT2D eigenvalue weighted by atomic mass is 79.9. The Hall–Kier alpha value is -2.55. The average molecular weight is 432 g/mol. The average Bonchev–Trinajstić information content (AvgIpc) is 2.61. The fourth-order valence-electron chi connectivity index (χ4n) is 2.01. The number of rotatable bonds is 7. The first kappa shape index (κ1) is 19.8. The molecule has 0 aromatic heterocycles. The molecule has 0 saturated heterocycles. The molecule has 0 saturated carbocycles. The molecule has 5 nitrogen and oxygen atoms in total. The molecule has 1 N–H and O–H groups in total. The maximum absolute atomic E-state index is 13.6. The lowest BCUT2D eigenvalue weighted by atomic mass is 10.2. The molecule has 2 rings (SSSR count). The number of hydrogen-bond acceptors (Lipinski definition) is 4. The van der Waals surface area contributed by atoms with Crippen LogP contribution >= 0.6 is 15.9 Å². The molecule has 0 bridgehead atoms. The predicted octanol–water partition coefficient (Wildman–Crippen LogP) is 4.10. The molecule has 0 aliphatic rings. The summed E-state index contributed by atoms with van der Waals surface area (Å²) in [5.74, 6) is -4.96. The summed E-state index contributed by atoms with van der Waals surface area (Å²) in [5.41, 5.74) is -0.182. The fraction of sp³-hybridized carbons (Fsp3) is 0.176. The van der Waals surface area contributed by atoms with E-state index in [1.165, 1.54) is 12.1 Å². The minimum Gasteiger partial charge on any atom is -0.490 e. The number of carbonyl (C=O) groups is 2. The van der Waals surface area contributed by atoms with Gasteiger partial charge in [0.25, 0.3) is 5.91 Å². The molecular weight excluding hydrogens is 419 g/mol. The first-order valence-corrected chi connectivity index (χ1v) is 8.14. The Morgan fingerprint density at radius 2 is 1.92 bits per heavy atom. The van der Waals surface area contributed by atoms with E-state index in [4.69, 9.17) is 9.47 Å². The van der Waals surface area contributed by atoms with Gasteiger partial charge in [0.1, 0.15) is 6.29 Å². The van der Waals surface area contributed by atoms with Gasteiger partial charge in [-0.05, 0) is 47.1 Å². The minimum atomic E-state index is -1.69. The third-order valence-electron chi connectivity index (χ3n) is 3.12. The van der Waals surface area contributed by atoms with Gasteiger partial charge in [0, 0.05) is 5.56 Å². The molecule has 0 spiro atoms. The van der Waals surface area contributed by atoms with Gasteiger partial charge in [-0.15, -0.1) is 0 Å². The lowest BCUT2D eigenvalue weighted by Gasteiger charge is -2.14. The summed E-state index contributed by atoms with van der Waals surface area (Å²) >= 11 is 3.21. The molecular formula is C17H13BrF3NO4. The summed E-state index contributed by atoms with van der Waals surface area (Å²) in [6.07, 6.45) is 0.621. The van der Waals surface area contributed by atoms with Crippen LogP contribution in [0.25, 0.3) is 0 Å². The lowest BCUT2D eigenvalue weighted by Crippen LogP contribution is -2.21. The molecule has 0 heterocycles. The quantitative estimate of drug-likeness (QED) is 0.529. The van der Waals surface area contributed by atoms with Crippen LogP contribution in [0.2, 0.25) is 0 Å². The Bertz CT molecular complexity index is 845. The Morgan fingerprint density at radius 1 is 1.19 bits per heavy atom. The molecule has 0 aliphatic carbocycles. The molecule has 26 heavy (non-hydrogen) atoms. The van der Waals surface area contributed by atoms with Crippen molar-refractivity contribution in [2.75, 3.05) is 18.5 Å². The zero-order valence-electron chi connectivity index (χ0n) is 13.4. The van der Waals surface area contributed by atoms with E-state index < -0.39 is 35.7 Å². The van der Waals surface area contributed by atoms with Crippen molar-refractivity contribution in [3.8, 4) is 11.5 Å².